The molecule has 6 nitrogen and oxygen atoms in total. The fourth-order valence-corrected chi connectivity index (χ4v) is 2.22. The average molecular weight is 251 g/mol. The second kappa shape index (κ2) is 5.07. The number of piperazine rings is 1. The Morgan fingerprint density at radius 3 is 2.50 bits per heavy atom. The van der Waals surface area contributed by atoms with Gasteiger partial charge in [0.1, 0.15) is 18.0 Å². The molecule has 18 heavy (non-hydrogen) atoms. The standard InChI is InChI=1S/C12H21N5O/c1-12(2,18)8-16-3-5-17(6-4-16)11-7-10(13)14-9-15-11/h7,9,18H,3-6,8H2,1-2H3,(H2,13,14,15). The lowest BCUT2D eigenvalue weighted by molar-refractivity contribution is 0.0344. The number of nitrogens with zero attached hydrogens (tertiary/aromatic N) is 4. The van der Waals surface area contributed by atoms with Gasteiger partial charge in [0.25, 0.3) is 0 Å². The van der Waals surface area contributed by atoms with Gasteiger partial charge in [-0.25, -0.2) is 9.97 Å². The molecule has 0 radical (unpaired) electrons. The Bertz CT molecular complexity index is 396. The number of rotatable bonds is 3. The summed E-state index contributed by atoms with van der Waals surface area (Å²) in [5, 5.41) is 9.80. The molecular weight excluding hydrogens is 230 g/mol. The van der Waals surface area contributed by atoms with Gasteiger partial charge < -0.3 is 15.7 Å². The van der Waals surface area contributed by atoms with E-state index < -0.39 is 5.60 Å². The van der Waals surface area contributed by atoms with Crippen LogP contribution < -0.4 is 10.6 Å². The highest BCUT2D eigenvalue weighted by molar-refractivity contribution is 5.46. The fraction of sp³-hybridized carbons (Fsp3) is 0.667. The van der Waals surface area contributed by atoms with E-state index in [-0.39, 0.29) is 0 Å². The summed E-state index contributed by atoms with van der Waals surface area (Å²) < 4.78 is 0. The summed E-state index contributed by atoms with van der Waals surface area (Å²) in [7, 11) is 0. The Hall–Kier alpha value is -1.40. The van der Waals surface area contributed by atoms with Gasteiger partial charge in [-0.05, 0) is 13.8 Å². The maximum Gasteiger partial charge on any atom is 0.134 e. The Morgan fingerprint density at radius 1 is 1.28 bits per heavy atom. The summed E-state index contributed by atoms with van der Waals surface area (Å²) in [4.78, 5) is 12.6. The maximum absolute atomic E-state index is 9.80. The summed E-state index contributed by atoms with van der Waals surface area (Å²) in [6, 6.07) is 1.80. The molecule has 1 aromatic heterocycles. The van der Waals surface area contributed by atoms with Crippen molar-refractivity contribution in [1.29, 1.82) is 0 Å². The molecule has 0 saturated carbocycles. The van der Waals surface area contributed by atoms with Crippen LogP contribution in [0.25, 0.3) is 0 Å². The van der Waals surface area contributed by atoms with Crippen molar-refractivity contribution in [2.24, 2.45) is 0 Å². The highest BCUT2D eigenvalue weighted by Gasteiger charge is 2.23. The molecular formula is C12H21N5O. The summed E-state index contributed by atoms with van der Waals surface area (Å²) in [5.41, 5.74) is 5.02. The normalized spacial score (nSPS) is 18.1. The Balaban J connectivity index is 1.91. The van der Waals surface area contributed by atoms with Crippen molar-refractivity contribution in [1.82, 2.24) is 14.9 Å². The van der Waals surface area contributed by atoms with Gasteiger partial charge in [-0.2, -0.15) is 0 Å². The Morgan fingerprint density at radius 2 is 1.94 bits per heavy atom. The lowest BCUT2D eigenvalue weighted by Crippen LogP contribution is -2.50. The molecule has 0 atom stereocenters. The number of anilines is 2. The van der Waals surface area contributed by atoms with Crippen LogP contribution in [0.5, 0.6) is 0 Å². The van der Waals surface area contributed by atoms with Crippen molar-refractivity contribution >= 4 is 11.6 Å². The largest absolute Gasteiger partial charge is 0.389 e. The zero-order valence-electron chi connectivity index (χ0n) is 11.0. The van der Waals surface area contributed by atoms with Crippen LogP contribution in [0, 0.1) is 0 Å². The topological polar surface area (TPSA) is 78.5 Å². The van der Waals surface area contributed by atoms with Crippen LogP contribution in [0.2, 0.25) is 0 Å². The van der Waals surface area contributed by atoms with Crippen molar-refractivity contribution in [3.05, 3.63) is 12.4 Å². The number of aromatic nitrogens is 2. The molecule has 2 rings (SSSR count). The van der Waals surface area contributed by atoms with Gasteiger partial charge in [0.2, 0.25) is 0 Å². The van der Waals surface area contributed by atoms with Crippen molar-refractivity contribution in [3.8, 4) is 0 Å². The van der Waals surface area contributed by atoms with E-state index in [9.17, 15) is 5.11 Å². The highest BCUT2D eigenvalue weighted by atomic mass is 16.3. The van der Waals surface area contributed by atoms with Crippen LogP contribution in [-0.4, -0.2) is 58.3 Å². The monoisotopic (exact) mass is 251 g/mol. The van der Waals surface area contributed by atoms with E-state index in [2.05, 4.69) is 19.8 Å². The van der Waals surface area contributed by atoms with Crippen molar-refractivity contribution in [3.63, 3.8) is 0 Å². The molecule has 0 aliphatic carbocycles. The van der Waals surface area contributed by atoms with Gasteiger partial charge in [0.15, 0.2) is 0 Å². The van der Waals surface area contributed by atoms with E-state index >= 15 is 0 Å². The van der Waals surface area contributed by atoms with Crippen molar-refractivity contribution in [2.75, 3.05) is 43.4 Å². The lowest BCUT2D eigenvalue weighted by Gasteiger charge is -2.37. The number of aliphatic hydroxyl groups is 1. The Labute approximate surface area is 107 Å². The van der Waals surface area contributed by atoms with Gasteiger partial charge in [-0.1, -0.05) is 0 Å². The molecule has 1 fully saturated rings. The lowest BCUT2D eigenvalue weighted by atomic mass is 10.1. The second-order valence-electron chi connectivity index (χ2n) is 5.38. The van der Waals surface area contributed by atoms with E-state index in [1.807, 2.05) is 13.8 Å². The Kier molecular flexibility index (Phi) is 3.68. The molecule has 1 aliphatic heterocycles. The molecule has 0 amide bonds. The maximum atomic E-state index is 9.80. The summed E-state index contributed by atoms with van der Waals surface area (Å²) in [6.45, 7) is 8.02. The van der Waals surface area contributed by atoms with Gasteiger partial charge in [-0.15, -0.1) is 0 Å². The van der Waals surface area contributed by atoms with Crippen LogP contribution >= 0.6 is 0 Å². The third kappa shape index (κ3) is 3.54. The molecule has 100 valence electrons. The quantitative estimate of drug-likeness (QED) is 0.784. The van der Waals surface area contributed by atoms with Gasteiger partial charge in [0, 0.05) is 38.8 Å². The number of nitrogens with two attached hydrogens (primary N) is 1. The van der Waals surface area contributed by atoms with E-state index in [4.69, 9.17) is 5.73 Å². The molecule has 0 unspecified atom stereocenters. The van der Waals surface area contributed by atoms with Crippen molar-refractivity contribution < 1.29 is 5.11 Å². The van der Waals surface area contributed by atoms with Crippen LogP contribution in [0.1, 0.15) is 13.8 Å². The van der Waals surface area contributed by atoms with Gasteiger partial charge in [0.05, 0.1) is 5.60 Å². The number of nitrogen functional groups attached to an aromatic ring is 1. The summed E-state index contributed by atoms with van der Waals surface area (Å²) >= 11 is 0. The van der Waals surface area contributed by atoms with Crippen molar-refractivity contribution in [2.45, 2.75) is 19.4 Å². The third-order valence-electron chi connectivity index (χ3n) is 2.98. The predicted octanol–water partition coefficient (Wildman–Crippen LogP) is -0.0483. The number of hydrogen-bond donors (Lipinski definition) is 2. The molecule has 3 N–H and O–H groups in total. The van der Waals surface area contributed by atoms with Crippen LogP contribution in [0.3, 0.4) is 0 Å². The van der Waals surface area contributed by atoms with E-state index in [0.717, 1.165) is 32.0 Å². The van der Waals surface area contributed by atoms with Gasteiger partial charge >= 0.3 is 0 Å². The molecule has 2 heterocycles. The smallest absolute Gasteiger partial charge is 0.134 e. The first-order valence-corrected chi connectivity index (χ1v) is 6.21. The minimum absolute atomic E-state index is 0.499. The summed E-state index contributed by atoms with van der Waals surface area (Å²) in [5.74, 6) is 1.38. The first kappa shape index (κ1) is 13.0. The minimum Gasteiger partial charge on any atom is -0.389 e. The third-order valence-corrected chi connectivity index (χ3v) is 2.98. The molecule has 6 heteroatoms. The highest BCUT2D eigenvalue weighted by Crippen LogP contribution is 2.15. The SMILES string of the molecule is CC(C)(O)CN1CCN(c2cc(N)ncn2)CC1. The molecule has 1 aromatic rings. The molecule has 1 saturated heterocycles. The predicted molar refractivity (Wildman–Crippen MR) is 71.4 cm³/mol. The minimum atomic E-state index is -0.637. The zero-order chi connectivity index (χ0) is 13.2. The molecule has 0 spiro atoms. The zero-order valence-corrected chi connectivity index (χ0v) is 11.0. The molecule has 0 bridgehead atoms. The second-order valence-corrected chi connectivity index (χ2v) is 5.38. The van der Waals surface area contributed by atoms with Gasteiger partial charge in [-0.3, -0.25) is 4.90 Å². The first-order valence-electron chi connectivity index (χ1n) is 6.21. The molecule has 0 aromatic carbocycles. The van der Waals surface area contributed by atoms with E-state index in [1.54, 1.807) is 6.07 Å². The molecule has 1 aliphatic rings. The average Bonchev–Trinajstić information content (AvgIpc) is 2.28. The van der Waals surface area contributed by atoms with Crippen LogP contribution in [0.15, 0.2) is 12.4 Å². The van der Waals surface area contributed by atoms with Crippen LogP contribution in [0.4, 0.5) is 11.6 Å². The number of hydrogen-bond acceptors (Lipinski definition) is 6. The van der Waals surface area contributed by atoms with E-state index in [0.29, 0.717) is 12.4 Å². The summed E-state index contributed by atoms with van der Waals surface area (Å²) in [6.07, 6.45) is 1.49. The fourth-order valence-electron chi connectivity index (χ4n) is 2.22. The first-order chi connectivity index (χ1) is 8.44. The van der Waals surface area contributed by atoms with E-state index in [1.165, 1.54) is 6.33 Å². The number of β-amino-alcohol motifs (C(OH)–C–C–N with tert-alkyl or cyclic N) is 1. The van der Waals surface area contributed by atoms with Crippen LogP contribution in [-0.2, 0) is 0 Å².